The van der Waals surface area contributed by atoms with Gasteiger partial charge in [0, 0.05) is 61.9 Å². The summed E-state index contributed by atoms with van der Waals surface area (Å²) < 4.78 is 12.6. The molecule has 1 aromatic carbocycles. The fraction of sp³-hybridized carbons (Fsp3) is 0.484. The minimum Gasteiger partial charge on any atom is -0.464 e. The van der Waals surface area contributed by atoms with Crippen molar-refractivity contribution >= 4 is 40.4 Å². The number of pyridine rings is 1. The normalized spacial score (nSPS) is 19.1. The molecule has 0 unspecified atom stereocenters. The number of hydrogen-bond donors (Lipinski definition) is 0. The molecule has 0 spiro atoms. The Balaban J connectivity index is 1.32. The van der Waals surface area contributed by atoms with Gasteiger partial charge in [0.05, 0.1) is 7.11 Å². The van der Waals surface area contributed by atoms with Gasteiger partial charge >= 0.3 is 12.1 Å². The van der Waals surface area contributed by atoms with Crippen LogP contribution in [0.15, 0.2) is 42.5 Å². The van der Waals surface area contributed by atoms with Crippen LogP contribution in [0.2, 0.25) is 0 Å². The number of anilines is 2. The van der Waals surface area contributed by atoms with Crippen LogP contribution in [0.1, 0.15) is 67.4 Å². The highest BCUT2D eigenvalue weighted by Gasteiger charge is 2.39. The van der Waals surface area contributed by atoms with Crippen LogP contribution < -0.4 is 9.80 Å². The maximum Gasteiger partial charge on any atom is 0.410 e. The van der Waals surface area contributed by atoms with E-state index in [1.54, 1.807) is 18.9 Å². The molecule has 2 aliphatic rings. The molecule has 1 saturated carbocycles. The highest BCUT2D eigenvalue weighted by Crippen LogP contribution is 2.40. The predicted molar refractivity (Wildman–Crippen MR) is 158 cm³/mol. The molecule has 1 aliphatic heterocycles. The van der Waals surface area contributed by atoms with Crippen molar-refractivity contribution in [3.63, 3.8) is 0 Å². The smallest absolute Gasteiger partial charge is 0.410 e. The number of carbonyl (C=O) groups is 3. The Hall–Kier alpha value is -4.08. The number of carbonyl (C=O) groups excluding carboxylic acids is 3. The van der Waals surface area contributed by atoms with Crippen LogP contribution in [-0.4, -0.2) is 84.3 Å². The quantitative estimate of drug-likeness (QED) is 0.309. The second-order valence-electron chi connectivity index (χ2n) is 11.9. The van der Waals surface area contributed by atoms with Gasteiger partial charge < -0.3 is 28.7 Å². The van der Waals surface area contributed by atoms with Gasteiger partial charge in [0.2, 0.25) is 0 Å². The molecule has 0 atom stereocenters. The second-order valence-corrected chi connectivity index (χ2v) is 11.9. The van der Waals surface area contributed by atoms with Crippen molar-refractivity contribution in [3.8, 4) is 0 Å². The molecule has 5 rings (SSSR count). The van der Waals surface area contributed by atoms with Crippen molar-refractivity contribution in [2.24, 2.45) is 0 Å². The number of nitrogens with zero attached hydrogens (tertiary/aromatic N) is 5. The maximum absolute atomic E-state index is 12.8. The van der Waals surface area contributed by atoms with Gasteiger partial charge in [-0.1, -0.05) is 0 Å². The number of aromatic nitrogens is 2. The summed E-state index contributed by atoms with van der Waals surface area (Å²) in [4.78, 5) is 48.2. The summed E-state index contributed by atoms with van der Waals surface area (Å²) in [7, 11) is 3.15. The second kappa shape index (κ2) is 11.1. The van der Waals surface area contributed by atoms with Crippen molar-refractivity contribution in [2.75, 3.05) is 50.1 Å². The van der Waals surface area contributed by atoms with Crippen molar-refractivity contribution in [1.29, 1.82) is 0 Å². The van der Waals surface area contributed by atoms with E-state index in [-0.39, 0.29) is 24.0 Å². The van der Waals surface area contributed by atoms with Gasteiger partial charge in [-0.25, -0.2) is 14.6 Å². The third-order valence-electron chi connectivity index (χ3n) is 7.99. The van der Waals surface area contributed by atoms with Gasteiger partial charge in [-0.05, 0) is 83.0 Å². The molecule has 3 heterocycles. The summed E-state index contributed by atoms with van der Waals surface area (Å²) in [5.41, 5.74) is 2.47. The Kier molecular flexibility index (Phi) is 7.68. The lowest BCUT2D eigenvalue weighted by Crippen LogP contribution is -2.48. The summed E-state index contributed by atoms with van der Waals surface area (Å²) in [5.74, 6) is 0.523. The first-order chi connectivity index (χ1) is 19.4. The van der Waals surface area contributed by atoms with E-state index in [1.807, 2.05) is 67.8 Å². The molecule has 3 aromatic rings. The fourth-order valence-electron chi connectivity index (χ4n) is 5.56. The Morgan fingerprint density at radius 2 is 1.59 bits per heavy atom. The van der Waals surface area contributed by atoms with Gasteiger partial charge in [-0.3, -0.25) is 4.79 Å². The Morgan fingerprint density at radius 3 is 2.17 bits per heavy atom. The van der Waals surface area contributed by atoms with Crippen LogP contribution in [-0.2, 0) is 9.47 Å². The molecule has 10 nitrogen and oxygen atoms in total. The summed E-state index contributed by atoms with van der Waals surface area (Å²) >= 11 is 0. The molecular formula is C31H39N5O5. The van der Waals surface area contributed by atoms with E-state index in [9.17, 15) is 14.4 Å². The fourth-order valence-corrected chi connectivity index (χ4v) is 5.56. The molecule has 0 N–H and O–H groups in total. The number of fused-ring (bicyclic) bond motifs is 1. The van der Waals surface area contributed by atoms with Gasteiger partial charge in [-0.15, -0.1) is 0 Å². The zero-order valence-electron chi connectivity index (χ0n) is 24.7. The summed E-state index contributed by atoms with van der Waals surface area (Å²) in [6.07, 6.45) is 1.04. The van der Waals surface area contributed by atoms with Crippen LogP contribution >= 0.6 is 0 Å². The Morgan fingerprint density at radius 1 is 0.951 bits per heavy atom. The molecule has 10 heteroatoms. The average Bonchev–Trinajstić information content (AvgIpc) is 3.29. The molecule has 2 aromatic heterocycles. The minimum absolute atomic E-state index is 0.00839. The summed E-state index contributed by atoms with van der Waals surface area (Å²) in [6.45, 7) is 10.4. The zero-order valence-corrected chi connectivity index (χ0v) is 24.7. The standard InChI is InChI=1S/C31H39N5O5/c1-20(37)21-7-10-23(11-8-21)34-13-15-35(16-14-34)27-12-9-22-17-26(29(38)40-6)36(28(22)32-27)25-18-24(19-25)33(5)30(39)41-31(2,3)4/h7-12,17,24-25H,13-16,18-19H2,1-6H3/t24-,25-. The van der Waals surface area contributed by atoms with E-state index in [0.717, 1.165) is 48.7 Å². The molecule has 1 saturated heterocycles. The first kappa shape index (κ1) is 28.4. The molecular weight excluding hydrogens is 522 g/mol. The van der Waals surface area contributed by atoms with E-state index in [2.05, 4.69) is 9.80 Å². The van der Waals surface area contributed by atoms with Gasteiger partial charge in [0.1, 0.15) is 22.8 Å². The number of esters is 1. The van der Waals surface area contributed by atoms with Gasteiger partial charge in [0.15, 0.2) is 5.78 Å². The third-order valence-corrected chi connectivity index (χ3v) is 7.99. The number of rotatable bonds is 6. The van der Waals surface area contributed by atoms with Crippen molar-refractivity contribution in [3.05, 3.63) is 53.7 Å². The minimum atomic E-state index is -0.560. The lowest BCUT2D eigenvalue weighted by molar-refractivity contribution is 0.00756. The topological polar surface area (TPSA) is 97.2 Å². The number of ketones is 1. The van der Waals surface area contributed by atoms with E-state index in [4.69, 9.17) is 14.5 Å². The summed E-state index contributed by atoms with van der Waals surface area (Å²) in [5, 5.41) is 0.877. The molecule has 1 amide bonds. The Bertz CT molecular complexity index is 1440. The number of piperazine rings is 1. The number of methoxy groups -OCH3 is 1. The lowest BCUT2D eigenvalue weighted by Gasteiger charge is -2.42. The third kappa shape index (κ3) is 5.87. The molecule has 0 radical (unpaired) electrons. The van der Waals surface area contributed by atoms with Crippen LogP contribution in [0, 0.1) is 0 Å². The van der Waals surface area contributed by atoms with Gasteiger partial charge in [-0.2, -0.15) is 0 Å². The maximum atomic E-state index is 12.8. The number of amides is 1. The molecule has 218 valence electrons. The lowest BCUT2D eigenvalue weighted by atomic mass is 9.85. The molecule has 1 aliphatic carbocycles. The Labute approximate surface area is 240 Å². The SMILES string of the molecule is COC(=O)c1cc2ccc(N3CCN(c4ccc(C(C)=O)cc4)CC3)nc2n1[C@H]1C[C@H](N(C)C(=O)OC(C)(C)C)C1. The van der Waals surface area contributed by atoms with E-state index in [0.29, 0.717) is 24.1 Å². The number of benzene rings is 1. The number of ether oxygens (including phenoxy) is 2. The van der Waals surface area contributed by atoms with Gasteiger partial charge in [0.25, 0.3) is 0 Å². The molecule has 0 bridgehead atoms. The number of hydrogen-bond acceptors (Lipinski definition) is 8. The largest absolute Gasteiger partial charge is 0.464 e. The van der Waals surface area contributed by atoms with E-state index in [1.165, 1.54) is 7.11 Å². The van der Waals surface area contributed by atoms with E-state index >= 15 is 0 Å². The first-order valence-corrected chi connectivity index (χ1v) is 14.1. The van der Waals surface area contributed by atoms with Crippen LogP contribution in [0.25, 0.3) is 11.0 Å². The predicted octanol–water partition coefficient (Wildman–Crippen LogP) is 4.92. The van der Waals surface area contributed by atoms with Crippen LogP contribution in [0.4, 0.5) is 16.3 Å². The molecule has 41 heavy (non-hydrogen) atoms. The van der Waals surface area contributed by atoms with Crippen LogP contribution in [0.3, 0.4) is 0 Å². The van der Waals surface area contributed by atoms with Crippen LogP contribution in [0.5, 0.6) is 0 Å². The first-order valence-electron chi connectivity index (χ1n) is 14.1. The highest BCUT2D eigenvalue weighted by molar-refractivity contribution is 5.95. The van der Waals surface area contributed by atoms with Crippen molar-refractivity contribution in [1.82, 2.24) is 14.5 Å². The zero-order chi connectivity index (χ0) is 29.5. The van der Waals surface area contributed by atoms with Crippen molar-refractivity contribution in [2.45, 2.75) is 58.2 Å². The monoisotopic (exact) mass is 561 g/mol. The van der Waals surface area contributed by atoms with Crippen molar-refractivity contribution < 1.29 is 23.9 Å². The highest BCUT2D eigenvalue weighted by atomic mass is 16.6. The average molecular weight is 562 g/mol. The van der Waals surface area contributed by atoms with E-state index < -0.39 is 11.6 Å². The number of Topliss-reactive ketones (excluding diaryl/α,β-unsaturated/α-hetero) is 1. The summed E-state index contributed by atoms with van der Waals surface area (Å²) in [6, 6.07) is 13.6. The molecule has 2 fully saturated rings.